The third-order valence-corrected chi connectivity index (χ3v) is 3.75. The lowest BCUT2D eigenvalue weighted by molar-refractivity contribution is 0.123. The zero-order chi connectivity index (χ0) is 10.4. The maximum absolute atomic E-state index is 10.9. The molecule has 1 atom stereocenters. The van der Waals surface area contributed by atoms with E-state index in [0.29, 0.717) is 13.0 Å². The maximum Gasteiger partial charge on any atom is 0.270 e. The summed E-state index contributed by atoms with van der Waals surface area (Å²) in [6.07, 6.45) is 5.68. The highest BCUT2D eigenvalue weighted by Gasteiger charge is 2.22. The molecule has 1 aliphatic rings. The number of rotatable bonds is 1. The Labute approximate surface area is 85.4 Å². The average molecular weight is 222 g/mol. The fourth-order valence-corrected chi connectivity index (χ4v) is 2.37. The van der Waals surface area contributed by atoms with E-state index in [1.165, 1.54) is 0 Å². The Morgan fingerprint density at radius 3 is 2.43 bits per heavy atom. The second-order valence-corrected chi connectivity index (χ2v) is 5.46. The Morgan fingerprint density at radius 2 is 1.71 bits per heavy atom. The van der Waals surface area contributed by atoms with Crippen molar-refractivity contribution in [2.45, 2.75) is 43.8 Å². The van der Waals surface area contributed by atoms with Gasteiger partial charge in [-0.15, -0.1) is 0 Å². The van der Waals surface area contributed by atoms with Gasteiger partial charge in [0.05, 0.1) is 6.61 Å². The first kappa shape index (κ1) is 11.9. The second-order valence-electron chi connectivity index (χ2n) is 3.77. The first-order valence-electron chi connectivity index (χ1n) is 5.15. The van der Waals surface area contributed by atoms with Gasteiger partial charge in [0, 0.05) is 6.61 Å². The summed E-state index contributed by atoms with van der Waals surface area (Å²) in [5.41, 5.74) is 0. The van der Waals surface area contributed by atoms with Crippen LogP contribution in [0.5, 0.6) is 0 Å². The molecule has 1 saturated heterocycles. The predicted molar refractivity (Wildman–Crippen MR) is 53.9 cm³/mol. The van der Waals surface area contributed by atoms with Gasteiger partial charge in [0.25, 0.3) is 10.1 Å². The molecular formula is C9H18O4S. The Hall–Kier alpha value is -0.130. The number of hydrogen-bond acceptors (Lipinski definition) is 3. The maximum atomic E-state index is 10.9. The average Bonchev–Trinajstić information content (AvgIpc) is 2.12. The fraction of sp³-hybridized carbons (Fsp3) is 1.00. The zero-order valence-corrected chi connectivity index (χ0v) is 9.13. The summed E-state index contributed by atoms with van der Waals surface area (Å²) in [5.74, 6) is 0. The van der Waals surface area contributed by atoms with Gasteiger partial charge in [-0.1, -0.05) is 25.7 Å². The lowest BCUT2D eigenvalue weighted by Gasteiger charge is -2.15. The number of hydrogen-bond donors (Lipinski definition) is 1. The van der Waals surface area contributed by atoms with Gasteiger partial charge in [0.1, 0.15) is 5.25 Å². The smallest absolute Gasteiger partial charge is 0.270 e. The quantitative estimate of drug-likeness (QED) is 0.685. The third kappa shape index (κ3) is 4.39. The summed E-state index contributed by atoms with van der Waals surface area (Å²) in [5, 5.41) is -0.722. The molecule has 1 heterocycles. The van der Waals surface area contributed by atoms with Crippen LogP contribution in [0.2, 0.25) is 0 Å². The largest absolute Gasteiger partial charge is 0.380 e. The standard InChI is InChI=1S/C9H18O4S/c10-14(11,12)9-6-4-2-1-3-5-7-13-8-9/h9H,1-8H2,(H,10,11,12). The molecule has 0 amide bonds. The molecule has 0 radical (unpaired) electrons. The fourth-order valence-electron chi connectivity index (χ4n) is 1.64. The Kier molecular flexibility index (Phi) is 4.84. The first-order valence-corrected chi connectivity index (χ1v) is 6.65. The van der Waals surface area contributed by atoms with Crippen LogP contribution in [0.3, 0.4) is 0 Å². The van der Waals surface area contributed by atoms with Crippen molar-refractivity contribution in [3.63, 3.8) is 0 Å². The normalized spacial score (nSPS) is 27.1. The molecule has 0 aromatic heterocycles. The summed E-state index contributed by atoms with van der Waals surface area (Å²) in [6.45, 7) is 0.741. The molecule has 0 bridgehead atoms. The molecule has 1 fully saturated rings. The van der Waals surface area contributed by atoms with Crippen LogP contribution in [-0.2, 0) is 14.9 Å². The third-order valence-electron chi connectivity index (χ3n) is 2.54. The highest BCUT2D eigenvalue weighted by Crippen LogP contribution is 2.14. The molecule has 84 valence electrons. The van der Waals surface area contributed by atoms with Crippen molar-refractivity contribution in [3.05, 3.63) is 0 Å². The van der Waals surface area contributed by atoms with Gasteiger partial charge in [0.2, 0.25) is 0 Å². The van der Waals surface area contributed by atoms with E-state index in [9.17, 15) is 8.42 Å². The van der Waals surface area contributed by atoms with Gasteiger partial charge in [-0.25, -0.2) is 0 Å². The van der Waals surface area contributed by atoms with Crippen LogP contribution in [-0.4, -0.2) is 31.4 Å². The summed E-state index contributed by atoms with van der Waals surface area (Å²) in [4.78, 5) is 0. The monoisotopic (exact) mass is 222 g/mol. The Balaban J connectivity index is 2.47. The Bertz CT molecular complexity index is 238. The highest BCUT2D eigenvalue weighted by atomic mass is 32.2. The molecule has 0 aliphatic carbocycles. The summed E-state index contributed by atoms with van der Waals surface area (Å²) in [7, 11) is -3.92. The van der Waals surface area contributed by atoms with E-state index in [2.05, 4.69) is 0 Å². The molecule has 5 heteroatoms. The van der Waals surface area contributed by atoms with Crippen molar-refractivity contribution < 1.29 is 17.7 Å². The molecule has 0 spiro atoms. The molecule has 14 heavy (non-hydrogen) atoms. The van der Waals surface area contributed by atoms with Crippen LogP contribution in [0, 0.1) is 0 Å². The van der Waals surface area contributed by atoms with Crippen molar-refractivity contribution in [2.24, 2.45) is 0 Å². The van der Waals surface area contributed by atoms with Gasteiger partial charge >= 0.3 is 0 Å². The van der Waals surface area contributed by atoms with E-state index >= 15 is 0 Å². The molecule has 1 N–H and O–H groups in total. The first-order chi connectivity index (χ1) is 6.61. The van der Waals surface area contributed by atoms with Crippen LogP contribution in [0.15, 0.2) is 0 Å². The summed E-state index contributed by atoms with van der Waals surface area (Å²) < 4.78 is 36.0. The minimum Gasteiger partial charge on any atom is -0.380 e. The van der Waals surface area contributed by atoms with Crippen LogP contribution in [0.25, 0.3) is 0 Å². The van der Waals surface area contributed by atoms with Crippen LogP contribution in [0.4, 0.5) is 0 Å². The Morgan fingerprint density at radius 1 is 1.07 bits per heavy atom. The van der Waals surface area contributed by atoms with Gasteiger partial charge in [-0.2, -0.15) is 8.42 Å². The van der Waals surface area contributed by atoms with Crippen molar-refractivity contribution in [2.75, 3.05) is 13.2 Å². The summed E-state index contributed by atoms with van der Waals surface area (Å²) in [6, 6.07) is 0. The SMILES string of the molecule is O=S(=O)(O)C1CCCCCCCOC1. The summed E-state index contributed by atoms with van der Waals surface area (Å²) >= 11 is 0. The minimum atomic E-state index is -3.92. The van der Waals surface area contributed by atoms with Gasteiger partial charge in [-0.3, -0.25) is 4.55 Å². The molecule has 1 unspecified atom stereocenters. The molecular weight excluding hydrogens is 204 g/mol. The van der Waals surface area contributed by atoms with E-state index in [1.807, 2.05) is 0 Å². The van der Waals surface area contributed by atoms with Crippen molar-refractivity contribution in [3.8, 4) is 0 Å². The topological polar surface area (TPSA) is 63.6 Å². The molecule has 0 aromatic rings. The van der Waals surface area contributed by atoms with E-state index in [1.54, 1.807) is 0 Å². The van der Waals surface area contributed by atoms with Crippen molar-refractivity contribution in [1.29, 1.82) is 0 Å². The second kappa shape index (κ2) is 5.68. The van der Waals surface area contributed by atoms with E-state index in [0.717, 1.165) is 32.1 Å². The molecule has 0 aromatic carbocycles. The van der Waals surface area contributed by atoms with Gasteiger partial charge in [-0.05, 0) is 12.8 Å². The van der Waals surface area contributed by atoms with E-state index in [4.69, 9.17) is 9.29 Å². The van der Waals surface area contributed by atoms with Crippen LogP contribution >= 0.6 is 0 Å². The van der Waals surface area contributed by atoms with Crippen molar-refractivity contribution in [1.82, 2.24) is 0 Å². The number of ether oxygens (including phenoxy) is 1. The zero-order valence-electron chi connectivity index (χ0n) is 8.31. The lowest BCUT2D eigenvalue weighted by atomic mass is 10.1. The van der Waals surface area contributed by atoms with Crippen molar-refractivity contribution >= 4 is 10.1 Å². The van der Waals surface area contributed by atoms with E-state index < -0.39 is 15.4 Å². The van der Waals surface area contributed by atoms with E-state index in [-0.39, 0.29) is 6.61 Å². The van der Waals surface area contributed by atoms with Crippen LogP contribution in [0.1, 0.15) is 38.5 Å². The molecule has 1 aliphatic heterocycles. The lowest BCUT2D eigenvalue weighted by Crippen LogP contribution is -2.26. The predicted octanol–water partition coefficient (Wildman–Crippen LogP) is 1.61. The van der Waals surface area contributed by atoms with Gasteiger partial charge in [0.15, 0.2) is 0 Å². The van der Waals surface area contributed by atoms with Gasteiger partial charge < -0.3 is 4.74 Å². The van der Waals surface area contributed by atoms with Crippen LogP contribution < -0.4 is 0 Å². The minimum absolute atomic E-state index is 0.138. The highest BCUT2D eigenvalue weighted by molar-refractivity contribution is 7.86. The molecule has 0 saturated carbocycles. The molecule has 4 nitrogen and oxygen atoms in total. The molecule has 1 rings (SSSR count).